The van der Waals surface area contributed by atoms with Crippen molar-refractivity contribution in [1.29, 1.82) is 0 Å². The summed E-state index contributed by atoms with van der Waals surface area (Å²) in [4.78, 5) is 33.4. The van der Waals surface area contributed by atoms with E-state index in [9.17, 15) is 28.5 Å². The van der Waals surface area contributed by atoms with Crippen molar-refractivity contribution in [3.05, 3.63) is 44.1 Å². The predicted octanol–water partition coefficient (Wildman–Crippen LogP) is 2.77. The van der Waals surface area contributed by atoms with Crippen molar-refractivity contribution in [3.63, 3.8) is 0 Å². The van der Waals surface area contributed by atoms with Crippen LogP contribution in [0.3, 0.4) is 0 Å². The molecule has 0 spiro atoms. The van der Waals surface area contributed by atoms with Gasteiger partial charge in [0.15, 0.2) is 22.9 Å². The maximum absolute atomic E-state index is 13.9. The molecule has 0 aromatic heterocycles. The summed E-state index contributed by atoms with van der Waals surface area (Å²) in [6.07, 6.45) is 0.651. The van der Waals surface area contributed by atoms with Crippen LogP contribution in [0.1, 0.15) is 13.8 Å². The molecule has 24 heavy (non-hydrogen) atoms. The normalized spacial score (nSPS) is 16.3. The number of hydrogen-bond acceptors (Lipinski definition) is 7. The number of carbonyl (C=O) groups is 2. The number of nitro groups is 1. The molecular formula is C13H9BrF2N2O6. The second-order valence-corrected chi connectivity index (χ2v) is 5.87. The monoisotopic (exact) mass is 406 g/mol. The number of hydrogen-bond donors (Lipinski definition) is 1. The van der Waals surface area contributed by atoms with E-state index in [2.05, 4.69) is 15.9 Å². The maximum atomic E-state index is 13.9. The highest BCUT2D eigenvalue weighted by atomic mass is 79.9. The van der Waals surface area contributed by atoms with Gasteiger partial charge < -0.3 is 14.8 Å². The number of nitro benzene ring substituents is 1. The standard InChI is InChI=1S/C13H9BrF2N2O6/c1-13(2)23-11(19)5(12(20)24-13)4-17-10-7(18(21)22)3-6(14)8(15)9(10)16/h3-4,17H,1-2H3. The molecule has 0 atom stereocenters. The number of benzene rings is 1. The number of ether oxygens (including phenoxy) is 2. The highest BCUT2D eigenvalue weighted by molar-refractivity contribution is 9.10. The Bertz CT molecular complexity index is 771. The Morgan fingerprint density at radius 2 is 1.79 bits per heavy atom. The van der Waals surface area contributed by atoms with Crippen LogP contribution in [0.25, 0.3) is 0 Å². The van der Waals surface area contributed by atoms with Gasteiger partial charge in [-0.05, 0) is 15.9 Å². The first-order valence-corrected chi connectivity index (χ1v) is 7.08. The Morgan fingerprint density at radius 1 is 1.25 bits per heavy atom. The first-order valence-electron chi connectivity index (χ1n) is 6.29. The number of cyclic esters (lactones) is 2. The number of anilines is 1. The van der Waals surface area contributed by atoms with E-state index in [0.717, 1.165) is 6.07 Å². The zero-order valence-electron chi connectivity index (χ0n) is 12.2. The lowest BCUT2D eigenvalue weighted by Gasteiger charge is -2.29. The Kier molecular flexibility index (Phi) is 4.56. The molecule has 128 valence electrons. The van der Waals surface area contributed by atoms with E-state index in [1.165, 1.54) is 13.8 Å². The summed E-state index contributed by atoms with van der Waals surface area (Å²) in [7, 11) is 0. The van der Waals surface area contributed by atoms with Crippen LogP contribution in [-0.2, 0) is 19.1 Å². The molecule has 1 aliphatic rings. The topological polar surface area (TPSA) is 108 Å². The minimum atomic E-state index is -1.56. The maximum Gasteiger partial charge on any atom is 0.350 e. The van der Waals surface area contributed by atoms with Crippen LogP contribution in [0.5, 0.6) is 0 Å². The lowest BCUT2D eigenvalue weighted by Crippen LogP contribution is -2.42. The zero-order valence-corrected chi connectivity index (χ0v) is 13.8. The van der Waals surface area contributed by atoms with Crippen LogP contribution in [0.4, 0.5) is 20.2 Å². The molecule has 8 nitrogen and oxygen atoms in total. The first-order chi connectivity index (χ1) is 11.0. The Labute approximate surface area is 141 Å². The number of nitrogens with one attached hydrogen (secondary N) is 1. The average Bonchev–Trinajstić information content (AvgIpc) is 2.44. The summed E-state index contributed by atoms with van der Waals surface area (Å²) in [6, 6.07) is 0.736. The van der Waals surface area contributed by atoms with Crippen molar-refractivity contribution >= 4 is 39.2 Å². The van der Waals surface area contributed by atoms with Gasteiger partial charge in [0.1, 0.15) is 0 Å². The Hall–Kier alpha value is -2.56. The third-order valence-electron chi connectivity index (χ3n) is 2.82. The summed E-state index contributed by atoms with van der Waals surface area (Å²) in [6.45, 7) is 2.64. The zero-order chi connectivity index (χ0) is 18.2. The van der Waals surface area contributed by atoms with Crippen LogP contribution in [-0.4, -0.2) is 22.6 Å². The van der Waals surface area contributed by atoms with Gasteiger partial charge in [0.25, 0.3) is 11.5 Å². The molecule has 0 saturated carbocycles. The third kappa shape index (κ3) is 3.35. The molecule has 1 aliphatic heterocycles. The number of rotatable bonds is 3. The number of carbonyl (C=O) groups excluding carboxylic acids is 2. The van der Waals surface area contributed by atoms with E-state index in [4.69, 9.17) is 9.47 Å². The summed E-state index contributed by atoms with van der Waals surface area (Å²) >= 11 is 2.65. The lowest BCUT2D eigenvalue weighted by atomic mass is 10.2. The fourth-order valence-electron chi connectivity index (χ4n) is 1.79. The quantitative estimate of drug-likeness (QED) is 0.205. The van der Waals surface area contributed by atoms with Gasteiger partial charge in [-0.3, -0.25) is 10.1 Å². The van der Waals surface area contributed by atoms with Crippen molar-refractivity contribution in [2.45, 2.75) is 19.6 Å². The van der Waals surface area contributed by atoms with Gasteiger partial charge >= 0.3 is 11.9 Å². The molecule has 1 N–H and O–H groups in total. The van der Waals surface area contributed by atoms with Crippen molar-refractivity contribution < 1.29 is 32.8 Å². The number of halogens is 3. The second kappa shape index (κ2) is 6.15. The van der Waals surface area contributed by atoms with Crippen LogP contribution in [0, 0.1) is 21.7 Å². The SMILES string of the molecule is CC1(C)OC(=O)C(=CNc2c([N+](=O)[O-])cc(Br)c(F)c2F)C(=O)O1. The highest BCUT2D eigenvalue weighted by Gasteiger charge is 2.39. The Morgan fingerprint density at radius 3 is 2.29 bits per heavy atom. The molecule has 0 bridgehead atoms. The van der Waals surface area contributed by atoms with Crippen molar-refractivity contribution in [3.8, 4) is 0 Å². The number of esters is 2. The Balaban J connectivity index is 2.42. The molecule has 1 aromatic rings. The largest absolute Gasteiger partial charge is 0.419 e. The number of nitrogens with zero attached hydrogens (tertiary/aromatic N) is 1. The van der Waals surface area contributed by atoms with E-state index in [1.807, 2.05) is 5.32 Å². The fourth-order valence-corrected chi connectivity index (χ4v) is 2.18. The second-order valence-electron chi connectivity index (χ2n) is 5.02. The van der Waals surface area contributed by atoms with Gasteiger partial charge in [0, 0.05) is 26.1 Å². The molecule has 1 aromatic carbocycles. The van der Waals surface area contributed by atoms with Crippen LogP contribution in [0.2, 0.25) is 0 Å². The van der Waals surface area contributed by atoms with Crippen molar-refractivity contribution in [2.24, 2.45) is 0 Å². The molecule has 0 amide bonds. The molecule has 1 fully saturated rings. The van der Waals surface area contributed by atoms with Crippen molar-refractivity contribution in [2.75, 3.05) is 5.32 Å². The smallest absolute Gasteiger partial charge is 0.350 e. The van der Waals surface area contributed by atoms with Gasteiger partial charge in [-0.15, -0.1) is 0 Å². The summed E-state index contributed by atoms with van der Waals surface area (Å²) in [5.74, 6) is -6.58. The summed E-state index contributed by atoms with van der Waals surface area (Å²) < 4.78 is 36.6. The van der Waals surface area contributed by atoms with Gasteiger partial charge in [0.05, 0.1) is 9.40 Å². The molecule has 11 heteroatoms. The molecule has 1 saturated heterocycles. The average molecular weight is 407 g/mol. The molecule has 2 rings (SSSR count). The van der Waals surface area contributed by atoms with Gasteiger partial charge in [-0.2, -0.15) is 0 Å². The van der Waals surface area contributed by atoms with Gasteiger partial charge in [0.2, 0.25) is 0 Å². The van der Waals surface area contributed by atoms with Gasteiger partial charge in [-0.1, -0.05) is 0 Å². The summed E-state index contributed by atoms with van der Waals surface area (Å²) in [5, 5.41) is 13.0. The molecule has 0 aliphatic carbocycles. The molecule has 0 radical (unpaired) electrons. The molecule has 0 unspecified atom stereocenters. The van der Waals surface area contributed by atoms with E-state index >= 15 is 0 Å². The van der Waals surface area contributed by atoms with Crippen LogP contribution in [0.15, 0.2) is 22.3 Å². The molecular weight excluding hydrogens is 398 g/mol. The fraction of sp³-hybridized carbons (Fsp3) is 0.231. The minimum Gasteiger partial charge on any atom is -0.419 e. The van der Waals surface area contributed by atoms with Crippen LogP contribution < -0.4 is 5.32 Å². The minimum absolute atomic E-state index is 0.455. The van der Waals surface area contributed by atoms with E-state index in [1.54, 1.807) is 0 Å². The first kappa shape index (κ1) is 17.8. The van der Waals surface area contributed by atoms with Gasteiger partial charge in [-0.25, -0.2) is 18.4 Å². The van der Waals surface area contributed by atoms with Crippen molar-refractivity contribution in [1.82, 2.24) is 0 Å². The molecule has 1 heterocycles. The summed E-state index contributed by atoms with van der Waals surface area (Å²) in [5.41, 5.74) is -2.33. The van der Waals surface area contributed by atoms with E-state index in [0.29, 0.717) is 6.20 Å². The van der Waals surface area contributed by atoms with E-state index in [-0.39, 0.29) is 0 Å². The third-order valence-corrected chi connectivity index (χ3v) is 3.39. The van der Waals surface area contributed by atoms with E-state index < -0.39 is 55.7 Å². The predicted molar refractivity (Wildman–Crippen MR) is 78.7 cm³/mol. The van der Waals surface area contributed by atoms with Crippen LogP contribution >= 0.6 is 15.9 Å². The lowest BCUT2D eigenvalue weighted by molar-refractivity contribution is -0.384. The highest BCUT2D eigenvalue weighted by Crippen LogP contribution is 2.34.